The molecule has 0 aliphatic rings. The zero-order chi connectivity index (χ0) is 8.97. The fraction of sp³-hybridized carbons (Fsp3) is 0.400. The van der Waals surface area contributed by atoms with Gasteiger partial charge in [0.1, 0.15) is 0 Å². The molecule has 0 heterocycles. The van der Waals surface area contributed by atoms with Gasteiger partial charge in [0.05, 0.1) is 0 Å². The van der Waals surface area contributed by atoms with E-state index in [1.54, 1.807) is 0 Å². The van der Waals surface area contributed by atoms with Crippen LogP contribution in [0.4, 0.5) is 5.69 Å². The standard InChI is InChI=1S/C10H16N2/c1-8(7-11)9-3-5-10(12-2)6-4-9/h3-6,8,12H,7,11H2,1-2H3. The number of rotatable bonds is 3. The minimum absolute atomic E-state index is 0.455. The maximum absolute atomic E-state index is 5.56. The Bertz CT molecular complexity index is 228. The van der Waals surface area contributed by atoms with Crippen molar-refractivity contribution in [1.29, 1.82) is 0 Å². The largest absolute Gasteiger partial charge is 0.388 e. The van der Waals surface area contributed by atoms with Crippen LogP contribution in [-0.4, -0.2) is 13.6 Å². The zero-order valence-corrected chi connectivity index (χ0v) is 7.67. The van der Waals surface area contributed by atoms with Gasteiger partial charge in [0.2, 0.25) is 0 Å². The lowest BCUT2D eigenvalue weighted by Gasteiger charge is -2.09. The van der Waals surface area contributed by atoms with Gasteiger partial charge in [0, 0.05) is 12.7 Å². The Morgan fingerprint density at radius 1 is 1.33 bits per heavy atom. The third-order valence-electron chi connectivity index (χ3n) is 2.12. The van der Waals surface area contributed by atoms with Gasteiger partial charge in [0.25, 0.3) is 0 Å². The van der Waals surface area contributed by atoms with Crippen LogP contribution >= 0.6 is 0 Å². The second kappa shape index (κ2) is 4.12. The Kier molecular flexibility index (Phi) is 3.11. The summed E-state index contributed by atoms with van der Waals surface area (Å²) in [4.78, 5) is 0. The molecule has 0 fully saturated rings. The van der Waals surface area contributed by atoms with E-state index in [-0.39, 0.29) is 0 Å². The zero-order valence-electron chi connectivity index (χ0n) is 7.67. The molecule has 0 saturated heterocycles. The van der Waals surface area contributed by atoms with Crippen molar-refractivity contribution in [3.63, 3.8) is 0 Å². The Labute approximate surface area is 73.8 Å². The molecule has 0 amide bonds. The number of nitrogens with two attached hydrogens (primary N) is 1. The molecular weight excluding hydrogens is 148 g/mol. The minimum atomic E-state index is 0.455. The van der Waals surface area contributed by atoms with Crippen molar-refractivity contribution >= 4 is 5.69 Å². The van der Waals surface area contributed by atoms with Crippen molar-refractivity contribution < 1.29 is 0 Å². The average molecular weight is 164 g/mol. The summed E-state index contributed by atoms with van der Waals surface area (Å²) in [5.41, 5.74) is 8.00. The number of hydrogen-bond donors (Lipinski definition) is 2. The number of hydrogen-bond acceptors (Lipinski definition) is 2. The first-order valence-corrected chi connectivity index (χ1v) is 4.25. The summed E-state index contributed by atoms with van der Waals surface area (Å²) < 4.78 is 0. The van der Waals surface area contributed by atoms with E-state index in [0.717, 1.165) is 5.69 Å². The van der Waals surface area contributed by atoms with Gasteiger partial charge < -0.3 is 11.1 Å². The van der Waals surface area contributed by atoms with Crippen LogP contribution in [0, 0.1) is 0 Å². The van der Waals surface area contributed by atoms with Gasteiger partial charge in [-0.25, -0.2) is 0 Å². The molecule has 66 valence electrons. The molecule has 3 N–H and O–H groups in total. The smallest absolute Gasteiger partial charge is 0.0337 e. The first-order valence-electron chi connectivity index (χ1n) is 4.25. The lowest BCUT2D eigenvalue weighted by atomic mass is 10.0. The molecule has 1 rings (SSSR count). The van der Waals surface area contributed by atoms with Crippen molar-refractivity contribution in [2.75, 3.05) is 18.9 Å². The summed E-state index contributed by atoms with van der Waals surface area (Å²) in [6, 6.07) is 8.37. The number of benzene rings is 1. The van der Waals surface area contributed by atoms with Crippen LogP contribution in [0.5, 0.6) is 0 Å². The van der Waals surface area contributed by atoms with Gasteiger partial charge in [-0.15, -0.1) is 0 Å². The van der Waals surface area contributed by atoms with Crippen LogP contribution in [0.3, 0.4) is 0 Å². The van der Waals surface area contributed by atoms with E-state index in [1.807, 2.05) is 7.05 Å². The summed E-state index contributed by atoms with van der Waals surface area (Å²) >= 11 is 0. The van der Waals surface area contributed by atoms with Crippen LogP contribution in [0.2, 0.25) is 0 Å². The normalized spacial score (nSPS) is 12.6. The highest BCUT2D eigenvalue weighted by Gasteiger charge is 2.01. The van der Waals surface area contributed by atoms with E-state index in [4.69, 9.17) is 5.73 Å². The molecule has 1 atom stereocenters. The molecule has 0 saturated carbocycles. The van der Waals surface area contributed by atoms with E-state index in [9.17, 15) is 0 Å². The van der Waals surface area contributed by atoms with Crippen molar-refractivity contribution in [3.05, 3.63) is 29.8 Å². The van der Waals surface area contributed by atoms with Gasteiger partial charge >= 0.3 is 0 Å². The van der Waals surface area contributed by atoms with Gasteiger partial charge in [0.15, 0.2) is 0 Å². The van der Waals surface area contributed by atoms with Crippen LogP contribution in [0.1, 0.15) is 18.4 Å². The van der Waals surface area contributed by atoms with Gasteiger partial charge in [-0.05, 0) is 30.2 Å². The molecule has 2 heteroatoms. The summed E-state index contributed by atoms with van der Waals surface area (Å²) in [6.45, 7) is 2.84. The fourth-order valence-corrected chi connectivity index (χ4v) is 1.11. The second-order valence-corrected chi connectivity index (χ2v) is 3.01. The van der Waals surface area contributed by atoms with Crippen molar-refractivity contribution in [1.82, 2.24) is 0 Å². The van der Waals surface area contributed by atoms with Crippen LogP contribution in [-0.2, 0) is 0 Å². The average Bonchev–Trinajstić information content (AvgIpc) is 2.17. The highest BCUT2D eigenvalue weighted by atomic mass is 14.8. The third-order valence-corrected chi connectivity index (χ3v) is 2.12. The lowest BCUT2D eigenvalue weighted by molar-refractivity contribution is 0.774. The van der Waals surface area contributed by atoms with E-state index in [2.05, 4.69) is 36.5 Å². The molecule has 0 aliphatic carbocycles. The topological polar surface area (TPSA) is 38.0 Å². The molecule has 0 bridgehead atoms. The van der Waals surface area contributed by atoms with Crippen LogP contribution < -0.4 is 11.1 Å². The van der Waals surface area contributed by atoms with E-state index < -0.39 is 0 Å². The molecule has 0 aromatic heterocycles. The van der Waals surface area contributed by atoms with Gasteiger partial charge in [-0.2, -0.15) is 0 Å². The fourth-order valence-electron chi connectivity index (χ4n) is 1.11. The Morgan fingerprint density at radius 2 is 1.92 bits per heavy atom. The highest BCUT2D eigenvalue weighted by Crippen LogP contribution is 2.16. The molecule has 0 radical (unpaired) electrons. The monoisotopic (exact) mass is 164 g/mol. The summed E-state index contributed by atoms with van der Waals surface area (Å²) in [6.07, 6.45) is 0. The second-order valence-electron chi connectivity index (χ2n) is 3.01. The van der Waals surface area contributed by atoms with Crippen molar-refractivity contribution in [2.45, 2.75) is 12.8 Å². The summed E-state index contributed by atoms with van der Waals surface area (Å²) in [7, 11) is 1.92. The van der Waals surface area contributed by atoms with Crippen molar-refractivity contribution in [2.24, 2.45) is 5.73 Å². The summed E-state index contributed by atoms with van der Waals surface area (Å²) in [5.74, 6) is 0.455. The quantitative estimate of drug-likeness (QED) is 0.714. The van der Waals surface area contributed by atoms with Crippen LogP contribution in [0.25, 0.3) is 0 Å². The summed E-state index contributed by atoms with van der Waals surface area (Å²) in [5, 5.41) is 3.08. The first kappa shape index (κ1) is 9.07. The molecule has 1 aromatic rings. The molecular formula is C10H16N2. The first-order chi connectivity index (χ1) is 5.77. The SMILES string of the molecule is CNc1ccc(C(C)CN)cc1. The van der Waals surface area contributed by atoms with Crippen LogP contribution in [0.15, 0.2) is 24.3 Å². The highest BCUT2D eigenvalue weighted by molar-refractivity contribution is 5.44. The van der Waals surface area contributed by atoms with E-state index in [0.29, 0.717) is 12.5 Å². The number of anilines is 1. The molecule has 0 aliphatic heterocycles. The van der Waals surface area contributed by atoms with Gasteiger partial charge in [-0.1, -0.05) is 19.1 Å². The van der Waals surface area contributed by atoms with E-state index in [1.165, 1.54) is 5.56 Å². The molecule has 2 nitrogen and oxygen atoms in total. The molecule has 12 heavy (non-hydrogen) atoms. The minimum Gasteiger partial charge on any atom is -0.388 e. The Hall–Kier alpha value is -1.02. The Morgan fingerprint density at radius 3 is 2.33 bits per heavy atom. The Balaban J connectivity index is 2.77. The van der Waals surface area contributed by atoms with E-state index >= 15 is 0 Å². The predicted molar refractivity (Wildman–Crippen MR) is 53.5 cm³/mol. The maximum Gasteiger partial charge on any atom is 0.0337 e. The molecule has 1 unspecified atom stereocenters. The lowest BCUT2D eigenvalue weighted by Crippen LogP contribution is -2.08. The predicted octanol–water partition coefficient (Wildman–Crippen LogP) is 1.79. The third kappa shape index (κ3) is 1.98. The van der Waals surface area contributed by atoms with Crippen molar-refractivity contribution in [3.8, 4) is 0 Å². The molecule has 1 aromatic carbocycles. The maximum atomic E-state index is 5.56. The number of nitrogens with one attached hydrogen (secondary N) is 1. The molecule has 0 spiro atoms. The van der Waals surface area contributed by atoms with Gasteiger partial charge in [-0.3, -0.25) is 0 Å².